The Morgan fingerprint density at radius 2 is 1.43 bits per heavy atom. The summed E-state index contributed by atoms with van der Waals surface area (Å²) in [7, 11) is 0. The Morgan fingerprint density at radius 1 is 1.43 bits per heavy atom. The predicted molar refractivity (Wildman–Crippen MR) is 8.78 cm³/mol. The molecule has 0 fully saturated rings. The Hall–Kier alpha value is 0.274. The van der Waals surface area contributed by atoms with E-state index in [2.05, 4.69) is 0 Å². The first-order valence-electron chi connectivity index (χ1n) is 0.565. The normalized spacial score (nSPS) is 3.43. The minimum atomic E-state index is -1.50. The second-order valence-corrected chi connectivity index (χ2v) is 0.238. The van der Waals surface area contributed by atoms with Crippen molar-refractivity contribution in [2.45, 2.75) is 0 Å². The Bertz CT molecular complexity index is 35.9. The summed E-state index contributed by atoms with van der Waals surface area (Å²) in [5.41, 5.74) is 0. The van der Waals surface area contributed by atoms with E-state index >= 15 is 0 Å². The standard InChI is InChI=1S/2ClH.HNO3.Ni/c;;2-1(3)4;/h2*1H;(H,2,3,4);/q;;;+2/p-2. The summed E-state index contributed by atoms with van der Waals surface area (Å²) in [4.78, 5) is 8.36. The van der Waals surface area contributed by atoms with Crippen LogP contribution in [0.1, 0.15) is 0 Å². The molecule has 0 spiro atoms. The average molecular weight is 193 g/mol. The molecule has 0 radical (unpaired) electrons. The van der Waals surface area contributed by atoms with Crippen LogP contribution in [0.2, 0.25) is 0 Å². The molecule has 0 saturated heterocycles. The molecule has 0 rings (SSSR count). The van der Waals surface area contributed by atoms with E-state index in [1.807, 2.05) is 0 Å². The summed E-state index contributed by atoms with van der Waals surface area (Å²) in [6.45, 7) is 0. The Labute approximate surface area is 62.1 Å². The molecular weight excluding hydrogens is 192 g/mol. The quantitative estimate of drug-likeness (QED) is 0.236. The van der Waals surface area contributed by atoms with E-state index in [1.165, 1.54) is 0 Å². The largest absolute Gasteiger partial charge is 2.00 e. The summed E-state index contributed by atoms with van der Waals surface area (Å²) < 4.78 is 0. The second kappa shape index (κ2) is 16.3. The molecule has 0 aromatic rings. The fourth-order valence-corrected chi connectivity index (χ4v) is 0. The summed E-state index contributed by atoms with van der Waals surface area (Å²) in [5, 5.41) is 13.6. The Balaban J connectivity index is -0.0000000150. The van der Waals surface area contributed by atoms with Gasteiger partial charge in [0.1, 0.15) is 0 Å². The third-order valence-corrected chi connectivity index (χ3v) is 0. The average Bonchev–Trinajstić information content (AvgIpc) is 0.811. The van der Waals surface area contributed by atoms with Crippen molar-refractivity contribution in [3.05, 3.63) is 10.1 Å². The van der Waals surface area contributed by atoms with Gasteiger partial charge in [-0.2, -0.15) is 0 Å². The van der Waals surface area contributed by atoms with Crippen LogP contribution < -0.4 is 24.8 Å². The van der Waals surface area contributed by atoms with Crippen molar-refractivity contribution in [2.75, 3.05) is 0 Å². The molecule has 0 amide bonds. The van der Waals surface area contributed by atoms with Crippen molar-refractivity contribution in [3.8, 4) is 0 Å². The van der Waals surface area contributed by atoms with Gasteiger partial charge in [0, 0.05) is 0 Å². The van der Waals surface area contributed by atoms with Gasteiger partial charge in [0.05, 0.1) is 0 Å². The first-order chi connectivity index (χ1) is 1.73. The van der Waals surface area contributed by atoms with E-state index in [1.54, 1.807) is 0 Å². The molecule has 48 valence electrons. The van der Waals surface area contributed by atoms with Gasteiger partial charge in [0.15, 0.2) is 0 Å². The zero-order chi connectivity index (χ0) is 3.58. The molecule has 0 aliphatic heterocycles. The van der Waals surface area contributed by atoms with Crippen LogP contribution >= 0.6 is 0 Å². The van der Waals surface area contributed by atoms with Gasteiger partial charge < -0.3 is 30.0 Å². The maximum Gasteiger partial charge on any atom is 2.00 e. The minimum Gasteiger partial charge on any atom is -1.00 e. The number of nitrogens with zero attached hydrogens (tertiary/aromatic N) is 1. The van der Waals surface area contributed by atoms with Gasteiger partial charge >= 0.3 is 16.5 Å². The van der Waals surface area contributed by atoms with Gasteiger partial charge in [-0.3, -0.25) is 0 Å². The molecule has 0 aliphatic rings. The van der Waals surface area contributed by atoms with E-state index in [9.17, 15) is 0 Å². The smallest absolute Gasteiger partial charge is 1.00 e. The molecule has 0 aromatic heterocycles. The molecule has 0 unspecified atom stereocenters. The maximum absolute atomic E-state index is 8.36. The Kier molecular flexibility index (Phi) is 62.1. The van der Waals surface area contributed by atoms with Crippen LogP contribution in [-0.2, 0) is 16.5 Å². The molecule has 7 heteroatoms. The van der Waals surface area contributed by atoms with Crippen molar-refractivity contribution in [1.29, 1.82) is 0 Å². The minimum absolute atomic E-state index is 0. The predicted octanol–water partition coefficient (Wildman–Crippen LogP) is -6.34. The number of halogens is 2. The van der Waals surface area contributed by atoms with Crippen LogP contribution in [0.25, 0.3) is 0 Å². The Morgan fingerprint density at radius 3 is 1.43 bits per heavy atom. The number of rotatable bonds is 0. The van der Waals surface area contributed by atoms with Crippen molar-refractivity contribution >= 4 is 0 Å². The maximum atomic E-state index is 8.36. The van der Waals surface area contributed by atoms with Gasteiger partial charge in [-0.15, -0.1) is 10.1 Å². The SMILES string of the molecule is O=[N+]([O-])O.[Cl-].[Cl-].[Ni+2]. The third-order valence-electron chi connectivity index (χ3n) is 0. The molecule has 0 aromatic carbocycles. The summed E-state index contributed by atoms with van der Waals surface area (Å²) >= 11 is 0. The molecule has 7 heavy (non-hydrogen) atoms. The number of hydrogen-bond donors (Lipinski definition) is 1. The monoisotopic (exact) mass is 191 g/mol. The second-order valence-electron chi connectivity index (χ2n) is 0.238. The first kappa shape index (κ1) is 26.7. The molecular formula is HCl2NNiO3. The third kappa shape index (κ3) is 1530. The van der Waals surface area contributed by atoms with Crippen LogP contribution in [0, 0.1) is 10.1 Å². The first-order valence-corrected chi connectivity index (χ1v) is 0.565. The van der Waals surface area contributed by atoms with Crippen LogP contribution in [-0.4, -0.2) is 10.3 Å². The van der Waals surface area contributed by atoms with Gasteiger partial charge in [0.25, 0.3) is 5.09 Å². The van der Waals surface area contributed by atoms with Gasteiger partial charge in [-0.25, -0.2) is 0 Å². The molecule has 1 N–H and O–H groups in total. The summed E-state index contributed by atoms with van der Waals surface area (Å²) in [6.07, 6.45) is 0. The molecule has 0 saturated carbocycles. The van der Waals surface area contributed by atoms with Crippen LogP contribution in [0.5, 0.6) is 0 Å². The van der Waals surface area contributed by atoms with Gasteiger partial charge in [-0.05, 0) is 0 Å². The fraction of sp³-hybridized carbons (Fsp3) is 0. The molecule has 0 bridgehead atoms. The summed E-state index contributed by atoms with van der Waals surface area (Å²) in [6, 6.07) is 0. The van der Waals surface area contributed by atoms with Crippen LogP contribution in [0.15, 0.2) is 0 Å². The molecule has 0 aliphatic carbocycles. The fourth-order valence-electron chi connectivity index (χ4n) is 0. The summed E-state index contributed by atoms with van der Waals surface area (Å²) in [5.74, 6) is 0. The molecule has 0 heterocycles. The van der Waals surface area contributed by atoms with Crippen molar-refractivity contribution in [2.24, 2.45) is 0 Å². The molecule has 4 nitrogen and oxygen atoms in total. The number of hydrogen-bond acceptors (Lipinski definition) is 2. The van der Waals surface area contributed by atoms with Gasteiger partial charge in [-0.1, -0.05) is 0 Å². The van der Waals surface area contributed by atoms with Crippen LogP contribution in [0.3, 0.4) is 0 Å². The van der Waals surface area contributed by atoms with E-state index < -0.39 is 5.09 Å². The van der Waals surface area contributed by atoms with Gasteiger partial charge in [0.2, 0.25) is 0 Å². The van der Waals surface area contributed by atoms with E-state index in [4.69, 9.17) is 15.3 Å². The van der Waals surface area contributed by atoms with E-state index in [0.29, 0.717) is 0 Å². The molecule has 0 atom stereocenters. The van der Waals surface area contributed by atoms with Crippen molar-refractivity contribution in [3.63, 3.8) is 0 Å². The zero-order valence-electron chi connectivity index (χ0n) is 2.78. The van der Waals surface area contributed by atoms with Crippen molar-refractivity contribution in [1.82, 2.24) is 0 Å². The topological polar surface area (TPSA) is 63.4 Å². The van der Waals surface area contributed by atoms with Crippen LogP contribution in [0.4, 0.5) is 0 Å². The van der Waals surface area contributed by atoms with Crippen molar-refractivity contribution < 1.29 is 51.6 Å². The zero-order valence-corrected chi connectivity index (χ0v) is 5.28. The van der Waals surface area contributed by atoms with E-state index in [0.717, 1.165) is 0 Å². The van der Waals surface area contributed by atoms with E-state index in [-0.39, 0.29) is 41.3 Å².